The van der Waals surface area contributed by atoms with Crippen molar-refractivity contribution in [2.45, 2.75) is 32.5 Å². The van der Waals surface area contributed by atoms with Gasteiger partial charge in [-0.1, -0.05) is 24.6 Å². The number of carbonyl (C=O) groups excluding carboxylic acids is 2. The summed E-state index contributed by atoms with van der Waals surface area (Å²) in [7, 11) is 1.40. The van der Waals surface area contributed by atoms with Crippen LogP contribution in [0.4, 0.5) is 28.9 Å². The number of piperazine rings is 1. The predicted molar refractivity (Wildman–Crippen MR) is 192 cm³/mol. The average molecular weight is 785 g/mol. The Balaban J connectivity index is 1.17. The maximum absolute atomic E-state index is 14.5. The van der Waals surface area contributed by atoms with Crippen LogP contribution in [0.25, 0.3) is 22.6 Å². The SMILES string of the molecule is CCc1c(N2CCN(C(=O)c3cc(-c4cc(OC)ncc4F)n[nH]3)CC2)c(=O)n2nc(C3=CCOCC3)nc2n1CC(=O)Nc1ccc(C(F)(F)F)cc1Cl. The predicted octanol–water partition coefficient (Wildman–Crippen LogP) is 4.46. The highest BCUT2D eigenvalue weighted by Gasteiger charge is 2.32. The number of anilines is 2. The van der Waals surface area contributed by atoms with Crippen LogP contribution in [-0.2, 0) is 28.7 Å². The molecule has 15 nitrogen and oxygen atoms in total. The topological polar surface area (TPSA) is 165 Å². The number of aromatic amines is 1. The molecule has 0 spiro atoms. The van der Waals surface area contributed by atoms with Crippen molar-refractivity contribution >= 4 is 46.1 Å². The molecule has 1 fully saturated rings. The fourth-order valence-electron chi connectivity index (χ4n) is 6.52. The van der Waals surface area contributed by atoms with E-state index in [4.69, 9.17) is 21.1 Å². The number of aromatic nitrogens is 7. The zero-order valence-electron chi connectivity index (χ0n) is 29.4. The van der Waals surface area contributed by atoms with Crippen LogP contribution in [0.5, 0.6) is 5.88 Å². The number of methoxy groups -OCH3 is 1. The van der Waals surface area contributed by atoms with Crippen LogP contribution in [0.2, 0.25) is 5.02 Å². The molecule has 0 saturated carbocycles. The molecule has 2 aliphatic heterocycles. The summed E-state index contributed by atoms with van der Waals surface area (Å²) in [5, 5.41) is 13.6. The second kappa shape index (κ2) is 15.1. The maximum Gasteiger partial charge on any atom is 0.416 e. The molecule has 0 radical (unpaired) electrons. The van der Waals surface area contributed by atoms with E-state index < -0.39 is 29.0 Å². The Morgan fingerprint density at radius 1 is 1.13 bits per heavy atom. The van der Waals surface area contributed by atoms with Crippen molar-refractivity contribution in [3.05, 3.63) is 86.6 Å². The third-order valence-corrected chi connectivity index (χ3v) is 9.60. The van der Waals surface area contributed by atoms with Crippen LogP contribution >= 0.6 is 11.6 Å². The van der Waals surface area contributed by atoms with E-state index in [-0.39, 0.29) is 90.1 Å². The lowest BCUT2D eigenvalue weighted by molar-refractivity contribution is -0.137. The first-order valence-corrected chi connectivity index (χ1v) is 17.5. The quantitative estimate of drug-likeness (QED) is 0.204. The lowest BCUT2D eigenvalue weighted by Crippen LogP contribution is -2.51. The van der Waals surface area contributed by atoms with Crippen LogP contribution in [-0.4, -0.2) is 97.6 Å². The van der Waals surface area contributed by atoms with Crippen molar-refractivity contribution < 1.29 is 36.6 Å². The number of H-pyrrole nitrogens is 1. The number of pyridine rings is 1. The van der Waals surface area contributed by atoms with Gasteiger partial charge in [-0.15, -0.1) is 5.10 Å². The number of nitrogens with zero attached hydrogens (tertiary/aromatic N) is 8. The molecule has 0 bridgehead atoms. The van der Waals surface area contributed by atoms with Gasteiger partial charge < -0.3 is 29.2 Å². The van der Waals surface area contributed by atoms with Crippen LogP contribution in [0.3, 0.4) is 0 Å². The summed E-state index contributed by atoms with van der Waals surface area (Å²) in [6, 6.07) is 5.43. The molecule has 288 valence electrons. The molecule has 2 aliphatic rings. The van der Waals surface area contributed by atoms with Gasteiger partial charge in [0.05, 0.1) is 54.2 Å². The number of rotatable bonds is 9. The Labute approximate surface area is 314 Å². The second-order valence-corrected chi connectivity index (χ2v) is 13.0. The smallest absolute Gasteiger partial charge is 0.416 e. The Kier molecular flexibility index (Phi) is 10.3. The molecule has 20 heteroatoms. The van der Waals surface area contributed by atoms with Crippen molar-refractivity contribution in [3.63, 3.8) is 0 Å². The number of carbonyl (C=O) groups is 2. The number of hydrogen-bond acceptors (Lipinski definition) is 10. The molecule has 5 aromatic rings. The molecule has 0 aliphatic carbocycles. The molecule has 7 rings (SSSR count). The summed E-state index contributed by atoms with van der Waals surface area (Å²) < 4.78 is 67.4. The zero-order valence-corrected chi connectivity index (χ0v) is 30.2. The second-order valence-electron chi connectivity index (χ2n) is 12.6. The van der Waals surface area contributed by atoms with Crippen molar-refractivity contribution in [1.82, 2.24) is 39.2 Å². The largest absolute Gasteiger partial charge is 0.481 e. The minimum absolute atomic E-state index is 0.0275. The van der Waals surface area contributed by atoms with Crippen molar-refractivity contribution in [1.29, 1.82) is 0 Å². The number of hydrogen-bond donors (Lipinski definition) is 2. The standard InChI is InChI=1S/C35H33ClF4N10O5/c1-3-27-30(47-8-10-48(11-9-47)32(52)26-16-25(44-45-26)21-15-29(54-2)41-17-23(21)37)33(53)50-34(43-31(46-50)19-6-12-55-13-7-19)49(27)18-28(51)42-24-5-4-20(14-22(24)36)35(38,39)40/h4-6,14-17H,3,7-13,18H2,1-2H3,(H,42,51)(H,44,45). The highest BCUT2D eigenvalue weighted by molar-refractivity contribution is 6.33. The molecule has 55 heavy (non-hydrogen) atoms. The normalized spacial score (nSPS) is 15.0. The van der Waals surface area contributed by atoms with E-state index >= 15 is 0 Å². The molecular weight excluding hydrogens is 752 g/mol. The number of benzene rings is 1. The van der Waals surface area contributed by atoms with Crippen molar-refractivity contribution in [2.24, 2.45) is 0 Å². The van der Waals surface area contributed by atoms with Crippen LogP contribution in [0.15, 0.2) is 47.4 Å². The average Bonchev–Trinajstić information content (AvgIpc) is 3.86. The molecular formula is C35H33ClF4N10O5. The fourth-order valence-corrected chi connectivity index (χ4v) is 6.75. The first-order valence-electron chi connectivity index (χ1n) is 17.1. The van der Waals surface area contributed by atoms with Gasteiger partial charge in [0.25, 0.3) is 11.5 Å². The summed E-state index contributed by atoms with van der Waals surface area (Å²) >= 11 is 6.13. The number of halogens is 5. The lowest BCUT2D eigenvalue weighted by Gasteiger charge is -2.36. The first kappa shape index (κ1) is 37.5. The number of nitrogens with one attached hydrogen (secondary N) is 2. The summed E-state index contributed by atoms with van der Waals surface area (Å²) in [4.78, 5) is 53.2. The van der Waals surface area contributed by atoms with E-state index in [9.17, 15) is 31.9 Å². The maximum atomic E-state index is 14.5. The van der Waals surface area contributed by atoms with Gasteiger partial charge in [0.15, 0.2) is 11.6 Å². The van der Waals surface area contributed by atoms with Crippen LogP contribution in [0, 0.1) is 5.82 Å². The summed E-state index contributed by atoms with van der Waals surface area (Å²) in [6.45, 7) is 3.07. The van der Waals surface area contributed by atoms with Crippen molar-refractivity contribution in [2.75, 3.05) is 56.7 Å². The van der Waals surface area contributed by atoms with Gasteiger partial charge >= 0.3 is 6.18 Å². The third kappa shape index (κ3) is 7.48. The van der Waals surface area contributed by atoms with Gasteiger partial charge in [-0.05, 0) is 42.7 Å². The molecule has 4 aromatic heterocycles. The number of fused-ring (bicyclic) bond motifs is 1. The summed E-state index contributed by atoms with van der Waals surface area (Å²) in [6.07, 6.45) is -1.02. The van der Waals surface area contributed by atoms with E-state index in [1.165, 1.54) is 19.2 Å². The van der Waals surface area contributed by atoms with E-state index in [0.29, 0.717) is 31.2 Å². The zero-order chi connectivity index (χ0) is 39.0. The fraction of sp³-hybridized carbons (Fsp3) is 0.343. The van der Waals surface area contributed by atoms with Gasteiger partial charge in [0.2, 0.25) is 17.6 Å². The number of alkyl halides is 3. The molecule has 1 aromatic carbocycles. The highest BCUT2D eigenvalue weighted by atomic mass is 35.5. The number of amides is 2. The van der Waals surface area contributed by atoms with Gasteiger partial charge in [0, 0.05) is 37.8 Å². The Morgan fingerprint density at radius 3 is 2.58 bits per heavy atom. The first-order chi connectivity index (χ1) is 26.4. The van der Waals surface area contributed by atoms with Crippen LogP contribution in [0.1, 0.15) is 40.9 Å². The van der Waals surface area contributed by atoms with E-state index in [0.717, 1.165) is 34.5 Å². The Hall–Kier alpha value is -5.82. The third-order valence-electron chi connectivity index (χ3n) is 9.29. The molecule has 1 saturated heterocycles. The number of ether oxygens (including phenoxy) is 2. The minimum atomic E-state index is -4.62. The molecule has 0 unspecified atom stereocenters. The minimum Gasteiger partial charge on any atom is -0.481 e. The monoisotopic (exact) mass is 784 g/mol. The molecule has 6 heterocycles. The van der Waals surface area contributed by atoms with Gasteiger partial charge in [0.1, 0.15) is 17.9 Å². The van der Waals surface area contributed by atoms with Gasteiger partial charge in [-0.2, -0.15) is 27.8 Å². The van der Waals surface area contributed by atoms with Gasteiger partial charge in [-0.25, -0.2) is 9.37 Å². The van der Waals surface area contributed by atoms with Gasteiger partial charge in [-0.3, -0.25) is 19.5 Å². The summed E-state index contributed by atoms with van der Waals surface area (Å²) in [5.41, 5.74) is 0.431. The highest BCUT2D eigenvalue weighted by Crippen LogP contribution is 2.34. The van der Waals surface area contributed by atoms with Crippen molar-refractivity contribution in [3.8, 4) is 17.1 Å². The molecule has 2 amide bonds. The Morgan fingerprint density at radius 2 is 1.91 bits per heavy atom. The summed E-state index contributed by atoms with van der Waals surface area (Å²) in [5.74, 6) is -1.10. The lowest BCUT2D eigenvalue weighted by atomic mass is 10.1. The van der Waals surface area contributed by atoms with Crippen LogP contribution < -0.4 is 20.5 Å². The van der Waals surface area contributed by atoms with E-state index in [1.807, 2.05) is 17.9 Å². The van der Waals surface area contributed by atoms with E-state index in [1.54, 1.807) is 9.47 Å². The Bertz CT molecular complexity index is 2380. The van der Waals surface area contributed by atoms with E-state index in [2.05, 4.69) is 30.6 Å². The molecule has 0 atom stereocenters. The molecule has 2 N–H and O–H groups in total.